The standard InChI is InChI=1S/C28H21FN4O4S2.C23H16F4N4OS/c1-18-7-10-22(15-25(18)32-28-33-26(17-38-28)20-4-3-13-30-16-20)31-27(34)19-8-11-23(12-9-19)37-39(35,36)24-6-2-5-21(29)14-24;1-13-7-8-15(29-21(32)16-5-2-6-17(20(16)24)23(25,26)27)10-18(13)30-22-31-19(12-33-22)14-4-3-9-28-11-14/h2-17H,1H3,(H,31,34)(H,32,33);2-12H,1H3,(H,29,32)(H,30,31). The minimum Gasteiger partial charge on any atom is -0.379 e. The minimum absolute atomic E-state index is 0.00765. The number of amides is 2. The molecular weight excluding hydrogens is 996 g/mol. The van der Waals surface area contributed by atoms with Crippen molar-refractivity contribution < 1.29 is 44.1 Å². The summed E-state index contributed by atoms with van der Waals surface area (Å²) in [6, 6.07) is 30.6. The van der Waals surface area contributed by atoms with E-state index in [2.05, 4.69) is 41.2 Å². The summed E-state index contributed by atoms with van der Waals surface area (Å²) in [5.74, 6) is -3.69. The Balaban J connectivity index is 0.000000195. The Morgan fingerprint density at radius 1 is 0.625 bits per heavy atom. The van der Waals surface area contributed by atoms with Crippen LogP contribution in [-0.2, 0) is 16.3 Å². The zero-order chi connectivity index (χ0) is 51.0. The predicted molar refractivity (Wildman–Crippen MR) is 268 cm³/mol. The normalized spacial score (nSPS) is 11.2. The molecule has 0 fully saturated rings. The molecular formula is C51H37F5N8O5S3. The molecule has 0 bridgehead atoms. The van der Waals surface area contributed by atoms with E-state index < -0.39 is 50.9 Å². The van der Waals surface area contributed by atoms with Gasteiger partial charge >= 0.3 is 16.3 Å². The first-order valence-corrected chi connectivity index (χ1v) is 24.4. The largest absolute Gasteiger partial charge is 0.419 e. The van der Waals surface area contributed by atoms with Crippen LogP contribution < -0.4 is 25.5 Å². The molecule has 4 N–H and O–H groups in total. The third kappa shape index (κ3) is 12.5. The van der Waals surface area contributed by atoms with Crippen LogP contribution in [0.2, 0.25) is 0 Å². The summed E-state index contributed by atoms with van der Waals surface area (Å²) in [7, 11) is -4.22. The van der Waals surface area contributed by atoms with E-state index in [-0.39, 0.29) is 16.3 Å². The van der Waals surface area contributed by atoms with Crippen molar-refractivity contribution in [1.82, 2.24) is 19.9 Å². The smallest absolute Gasteiger partial charge is 0.379 e. The number of carbonyl (C=O) groups excluding carboxylic acids is 2. The quantitative estimate of drug-likeness (QED) is 0.0638. The summed E-state index contributed by atoms with van der Waals surface area (Å²) in [5.41, 5.74) is 5.52. The van der Waals surface area contributed by atoms with Crippen molar-refractivity contribution in [3.05, 3.63) is 202 Å². The number of hydrogen-bond acceptors (Lipinski definition) is 13. The summed E-state index contributed by atoms with van der Waals surface area (Å²) in [5, 5.41) is 16.9. The molecule has 0 saturated heterocycles. The number of benzene rings is 5. The molecule has 0 spiro atoms. The number of alkyl halides is 3. The fraction of sp³-hybridized carbons (Fsp3) is 0.0588. The van der Waals surface area contributed by atoms with Gasteiger partial charge in [0.25, 0.3) is 11.8 Å². The van der Waals surface area contributed by atoms with Gasteiger partial charge in [-0.25, -0.2) is 18.7 Å². The van der Waals surface area contributed by atoms with Crippen molar-refractivity contribution in [3.63, 3.8) is 0 Å². The molecule has 4 heterocycles. The SMILES string of the molecule is Cc1ccc(NC(=O)c2ccc(OS(=O)(=O)c3cccc(F)c3)cc2)cc1Nc1nc(-c2cccnc2)cs1.Cc1ccc(NC(=O)c2cccc(C(F)(F)F)c2F)cc1Nc1nc(-c2cccnc2)cs1. The van der Waals surface area contributed by atoms with Gasteiger partial charge in [0, 0.05) is 75.0 Å². The average Bonchev–Trinajstić information content (AvgIpc) is 4.04. The molecule has 0 aliphatic heterocycles. The van der Waals surface area contributed by atoms with E-state index in [1.54, 1.807) is 55.1 Å². The predicted octanol–water partition coefficient (Wildman–Crippen LogP) is 13.1. The molecule has 4 aromatic heterocycles. The molecule has 2 amide bonds. The lowest BCUT2D eigenvalue weighted by atomic mass is 10.1. The van der Waals surface area contributed by atoms with Crippen molar-refractivity contribution in [1.29, 1.82) is 0 Å². The van der Waals surface area contributed by atoms with Crippen molar-refractivity contribution in [2.24, 2.45) is 0 Å². The molecule has 364 valence electrons. The topological polar surface area (TPSA) is 177 Å². The van der Waals surface area contributed by atoms with Crippen LogP contribution in [0.4, 0.5) is 55.0 Å². The number of aryl methyl sites for hydroxylation is 2. The lowest BCUT2D eigenvalue weighted by Crippen LogP contribution is -2.17. The van der Waals surface area contributed by atoms with E-state index in [4.69, 9.17) is 4.18 Å². The highest BCUT2D eigenvalue weighted by Crippen LogP contribution is 2.34. The molecule has 9 aromatic rings. The van der Waals surface area contributed by atoms with Crippen LogP contribution in [0.1, 0.15) is 37.4 Å². The first-order valence-electron chi connectivity index (χ1n) is 21.2. The second kappa shape index (κ2) is 21.7. The zero-order valence-electron chi connectivity index (χ0n) is 37.5. The second-order valence-corrected chi connectivity index (χ2v) is 18.7. The monoisotopic (exact) mass is 1030 g/mol. The minimum atomic E-state index is -4.90. The Labute approximate surface area is 416 Å². The first kappa shape index (κ1) is 50.0. The Hall–Kier alpha value is -8.40. The van der Waals surface area contributed by atoms with Crippen LogP contribution in [0.25, 0.3) is 22.5 Å². The molecule has 0 saturated carbocycles. The van der Waals surface area contributed by atoms with E-state index in [0.717, 1.165) is 63.6 Å². The van der Waals surface area contributed by atoms with E-state index in [1.807, 2.05) is 54.9 Å². The van der Waals surface area contributed by atoms with Crippen LogP contribution in [-0.4, -0.2) is 40.2 Å². The molecule has 0 radical (unpaired) electrons. The van der Waals surface area contributed by atoms with Gasteiger partial charge in [0.1, 0.15) is 22.3 Å². The first-order chi connectivity index (χ1) is 34.5. The second-order valence-electron chi connectivity index (χ2n) is 15.5. The number of halogens is 5. The van der Waals surface area contributed by atoms with E-state index in [1.165, 1.54) is 59.1 Å². The van der Waals surface area contributed by atoms with Crippen molar-refractivity contribution in [2.75, 3.05) is 21.3 Å². The third-order valence-electron chi connectivity index (χ3n) is 10.4. The number of nitrogens with zero attached hydrogens (tertiary/aromatic N) is 4. The Morgan fingerprint density at radius 3 is 1.68 bits per heavy atom. The molecule has 5 aromatic carbocycles. The Kier molecular flexibility index (Phi) is 15.1. The van der Waals surface area contributed by atoms with Crippen molar-refractivity contribution >= 4 is 77.6 Å². The zero-order valence-corrected chi connectivity index (χ0v) is 40.0. The van der Waals surface area contributed by atoms with Crippen LogP contribution in [0.3, 0.4) is 0 Å². The maximum Gasteiger partial charge on any atom is 0.419 e. The van der Waals surface area contributed by atoms with E-state index in [9.17, 15) is 40.0 Å². The average molecular weight is 1030 g/mol. The lowest BCUT2D eigenvalue weighted by molar-refractivity contribution is -0.140. The van der Waals surface area contributed by atoms with Crippen molar-refractivity contribution in [3.8, 4) is 28.3 Å². The number of nitrogens with one attached hydrogen (secondary N) is 4. The Morgan fingerprint density at radius 2 is 1.17 bits per heavy atom. The number of hydrogen-bond donors (Lipinski definition) is 4. The Bertz CT molecular complexity index is 3510. The van der Waals surface area contributed by atoms with Crippen LogP contribution >= 0.6 is 22.7 Å². The summed E-state index contributed by atoms with van der Waals surface area (Å²) in [4.78, 5) is 42.3. The molecule has 0 aliphatic rings. The van der Waals surface area contributed by atoms with Gasteiger partial charge in [0.15, 0.2) is 10.3 Å². The number of anilines is 6. The van der Waals surface area contributed by atoms with Gasteiger partial charge in [-0.15, -0.1) is 22.7 Å². The van der Waals surface area contributed by atoms with Gasteiger partial charge in [0.2, 0.25) is 0 Å². The molecule has 9 rings (SSSR count). The van der Waals surface area contributed by atoms with Gasteiger partial charge in [0.05, 0.1) is 22.5 Å². The van der Waals surface area contributed by atoms with Crippen molar-refractivity contribution in [2.45, 2.75) is 24.9 Å². The van der Waals surface area contributed by atoms with E-state index in [0.29, 0.717) is 33.3 Å². The fourth-order valence-corrected chi connectivity index (χ4v) is 9.07. The van der Waals surface area contributed by atoms with Gasteiger partial charge in [-0.3, -0.25) is 19.6 Å². The summed E-state index contributed by atoms with van der Waals surface area (Å²) in [6.45, 7) is 3.79. The highest BCUT2D eigenvalue weighted by atomic mass is 32.2. The van der Waals surface area contributed by atoms with Gasteiger partial charge < -0.3 is 25.5 Å². The summed E-state index contributed by atoms with van der Waals surface area (Å²) >= 11 is 2.84. The third-order valence-corrected chi connectivity index (χ3v) is 13.1. The molecule has 13 nitrogen and oxygen atoms in total. The molecule has 21 heteroatoms. The van der Waals surface area contributed by atoms with E-state index >= 15 is 0 Å². The van der Waals surface area contributed by atoms with Gasteiger partial charge in [-0.1, -0.05) is 24.3 Å². The number of rotatable bonds is 13. The highest BCUT2D eigenvalue weighted by Gasteiger charge is 2.35. The van der Waals surface area contributed by atoms with Crippen LogP contribution in [0, 0.1) is 25.5 Å². The lowest BCUT2D eigenvalue weighted by Gasteiger charge is -2.13. The fourth-order valence-electron chi connectivity index (χ4n) is 6.64. The maximum absolute atomic E-state index is 14.3. The van der Waals surface area contributed by atoms with Crippen LogP contribution in [0.15, 0.2) is 168 Å². The summed E-state index contributed by atoms with van der Waals surface area (Å²) in [6.07, 6.45) is 1.93. The maximum atomic E-state index is 14.3. The number of aromatic nitrogens is 4. The molecule has 0 aliphatic carbocycles. The molecule has 0 unspecified atom stereocenters. The summed E-state index contributed by atoms with van der Waals surface area (Å²) < 4.78 is 96.4. The van der Waals surface area contributed by atoms with Crippen LogP contribution in [0.5, 0.6) is 5.75 Å². The van der Waals surface area contributed by atoms with Gasteiger partial charge in [-0.05, 0) is 128 Å². The highest BCUT2D eigenvalue weighted by molar-refractivity contribution is 7.87. The number of carbonyl (C=O) groups is 2. The number of pyridine rings is 2. The number of thiazole rings is 2. The van der Waals surface area contributed by atoms with Gasteiger partial charge in [-0.2, -0.15) is 21.6 Å². The molecule has 0 atom stereocenters. The molecule has 72 heavy (non-hydrogen) atoms.